The van der Waals surface area contributed by atoms with Crippen molar-refractivity contribution in [1.29, 1.82) is 0 Å². The van der Waals surface area contributed by atoms with Crippen LogP contribution in [0.1, 0.15) is 43.5 Å². The molecule has 144 valence electrons. The summed E-state index contributed by atoms with van der Waals surface area (Å²) in [4.78, 5) is 31.2. The number of hydrogen-bond acceptors (Lipinski definition) is 5. The average molecular weight is 387 g/mol. The third-order valence-corrected chi connectivity index (χ3v) is 5.59. The van der Waals surface area contributed by atoms with Crippen LogP contribution in [-0.4, -0.2) is 35.9 Å². The zero-order chi connectivity index (χ0) is 19.2. The molecule has 2 N–H and O–H groups in total. The molecule has 0 spiro atoms. The molecule has 2 unspecified atom stereocenters. The molecule has 1 fully saturated rings. The lowest BCUT2D eigenvalue weighted by atomic mass is 9.96. The summed E-state index contributed by atoms with van der Waals surface area (Å²) in [5.74, 6) is 0.830. The number of carbonyl (C=O) groups excluding carboxylic acids is 2. The summed E-state index contributed by atoms with van der Waals surface area (Å²) < 4.78 is 0. The van der Waals surface area contributed by atoms with Crippen LogP contribution in [0.3, 0.4) is 0 Å². The molecule has 1 aliphatic rings. The largest absolute Gasteiger partial charge is 0.356 e. The van der Waals surface area contributed by atoms with E-state index in [2.05, 4.69) is 27.4 Å². The molecule has 0 aromatic carbocycles. The maximum atomic E-state index is 12.4. The zero-order valence-corrected chi connectivity index (χ0v) is 16.6. The Balaban J connectivity index is 1.59. The van der Waals surface area contributed by atoms with Crippen molar-refractivity contribution < 1.29 is 9.59 Å². The normalized spacial score (nSPS) is 18.0. The Morgan fingerprint density at radius 2 is 2.22 bits per heavy atom. The predicted octanol–water partition coefficient (Wildman–Crippen LogP) is 3.53. The van der Waals surface area contributed by atoms with E-state index in [0.717, 1.165) is 31.6 Å². The van der Waals surface area contributed by atoms with Gasteiger partial charge < -0.3 is 15.5 Å². The van der Waals surface area contributed by atoms with Crippen LogP contribution in [0.4, 0.5) is 11.5 Å². The van der Waals surface area contributed by atoms with Gasteiger partial charge in [0, 0.05) is 24.5 Å². The molecule has 1 saturated heterocycles. The fraction of sp³-hybridized carbons (Fsp3) is 0.450. The van der Waals surface area contributed by atoms with Crippen LogP contribution >= 0.6 is 11.3 Å². The Labute approximate surface area is 164 Å². The third kappa shape index (κ3) is 5.07. The molecular formula is C20H26N4O2S. The summed E-state index contributed by atoms with van der Waals surface area (Å²) in [5, 5.41) is 9.63. The van der Waals surface area contributed by atoms with Gasteiger partial charge in [-0.1, -0.05) is 6.92 Å². The number of hydrogen-bond donors (Lipinski definition) is 2. The van der Waals surface area contributed by atoms with Gasteiger partial charge in [-0.05, 0) is 49.8 Å². The fourth-order valence-electron chi connectivity index (χ4n) is 3.11. The van der Waals surface area contributed by atoms with Crippen molar-refractivity contribution in [2.24, 2.45) is 5.92 Å². The quantitative estimate of drug-likeness (QED) is 0.796. The SMILES string of the molecule is CCC(C)NC(=O)C1CCCN(c2ccc(NC(=O)c3ccsc3)cn2)C1. The van der Waals surface area contributed by atoms with Crippen molar-refractivity contribution in [2.75, 3.05) is 23.3 Å². The number of anilines is 2. The van der Waals surface area contributed by atoms with Crippen LogP contribution in [0.15, 0.2) is 35.2 Å². The molecule has 0 saturated carbocycles. The Morgan fingerprint density at radius 3 is 2.89 bits per heavy atom. The Hall–Kier alpha value is -2.41. The number of amides is 2. The average Bonchev–Trinajstić information content (AvgIpc) is 3.23. The lowest BCUT2D eigenvalue weighted by Crippen LogP contribution is -2.45. The number of nitrogens with zero attached hydrogens (tertiary/aromatic N) is 2. The van der Waals surface area contributed by atoms with Gasteiger partial charge in [0.2, 0.25) is 5.91 Å². The summed E-state index contributed by atoms with van der Waals surface area (Å²) in [6.45, 7) is 5.67. The fourth-order valence-corrected chi connectivity index (χ4v) is 3.74. The minimum absolute atomic E-state index is 0.00693. The van der Waals surface area contributed by atoms with Gasteiger partial charge in [0.15, 0.2) is 0 Å². The maximum absolute atomic E-state index is 12.4. The van der Waals surface area contributed by atoms with Crippen molar-refractivity contribution in [3.8, 4) is 0 Å². The summed E-state index contributed by atoms with van der Waals surface area (Å²) in [6, 6.07) is 5.76. The van der Waals surface area contributed by atoms with Gasteiger partial charge in [0.1, 0.15) is 5.82 Å². The molecule has 0 aliphatic carbocycles. The highest BCUT2D eigenvalue weighted by Gasteiger charge is 2.27. The number of carbonyl (C=O) groups is 2. The van der Waals surface area contributed by atoms with Gasteiger partial charge >= 0.3 is 0 Å². The third-order valence-electron chi connectivity index (χ3n) is 4.91. The van der Waals surface area contributed by atoms with E-state index in [1.165, 1.54) is 11.3 Å². The molecule has 3 rings (SSSR count). The van der Waals surface area contributed by atoms with E-state index in [0.29, 0.717) is 17.8 Å². The lowest BCUT2D eigenvalue weighted by Gasteiger charge is -2.33. The second-order valence-corrected chi connectivity index (χ2v) is 7.75. The van der Waals surface area contributed by atoms with Crippen molar-refractivity contribution in [3.63, 3.8) is 0 Å². The topological polar surface area (TPSA) is 74.3 Å². The molecule has 0 bridgehead atoms. The summed E-state index contributed by atoms with van der Waals surface area (Å²) in [6.07, 6.45) is 4.48. The second kappa shape index (κ2) is 8.99. The molecule has 3 heterocycles. The number of nitrogens with one attached hydrogen (secondary N) is 2. The van der Waals surface area contributed by atoms with Gasteiger partial charge in [-0.25, -0.2) is 4.98 Å². The van der Waals surface area contributed by atoms with E-state index >= 15 is 0 Å². The molecule has 2 aromatic heterocycles. The number of rotatable bonds is 6. The first-order chi connectivity index (χ1) is 13.1. The summed E-state index contributed by atoms with van der Waals surface area (Å²) in [7, 11) is 0. The van der Waals surface area contributed by atoms with Crippen LogP contribution in [0, 0.1) is 5.92 Å². The smallest absolute Gasteiger partial charge is 0.256 e. The molecule has 27 heavy (non-hydrogen) atoms. The first kappa shape index (κ1) is 19.4. The van der Waals surface area contributed by atoms with E-state index in [1.54, 1.807) is 12.3 Å². The Kier molecular flexibility index (Phi) is 6.45. The Bertz CT molecular complexity index is 761. The van der Waals surface area contributed by atoms with Crippen LogP contribution in [-0.2, 0) is 4.79 Å². The zero-order valence-electron chi connectivity index (χ0n) is 15.8. The number of piperidine rings is 1. The summed E-state index contributed by atoms with van der Waals surface area (Å²) in [5.41, 5.74) is 1.31. The van der Waals surface area contributed by atoms with E-state index in [-0.39, 0.29) is 23.8 Å². The molecule has 6 nitrogen and oxygen atoms in total. The standard InChI is InChI=1S/C20H26N4O2S/c1-3-14(2)22-19(25)15-5-4-9-24(12-15)18-7-6-17(11-21-18)23-20(26)16-8-10-27-13-16/h6-8,10-11,13-15H,3-5,9,12H2,1-2H3,(H,22,25)(H,23,26). The highest BCUT2D eigenvalue weighted by molar-refractivity contribution is 7.08. The second-order valence-electron chi connectivity index (χ2n) is 6.97. The van der Waals surface area contributed by atoms with Crippen molar-refractivity contribution in [1.82, 2.24) is 10.3 Å². The maximum Gasteiger partial charge on any atom is 0.256 e. The van der Waals surface area contributed by atoms with Crippen molar-refractivity contribution in [2.45, 2.75) is 39.2 Å². The molecule has 0 radical (unpaired) electrons. The molecule has 2 amide bonds. The molecule has 1 aliphatic heterocycles. The lowest BCUT2D eigenvalue weighted by molar-refractivity contribution is -0.125. The molecule has 2 aromatic rings. The first-order valence-electron chi connectivity index (χ1n) is 9.41. The number of pyridine rings is 1. The van der Waals surface area contributed by atoms with E-state index in [4.69, 9.17) is 0 Å². The monoisotopic (exact) mass is 386 g/mol. The number of thiophene rings is 1. The van der Waals surface area contributed by atoms with Crippen LogP contribution in [0.5, 0.6) is 0 Å². The molecule has 2 atom stereocenters. The van der Waals surface area contributed by atoms with Crippen molar-refractivity contribution >= 4 is 34.7 Å². The molecular weight excluding hydrogens is 360 g/mol. The van der Waals surface area contributed by atoms with Gasteiger partial charge in [0.05, 0.1) is 23.4 Å². The highest BCUT2D eigenvalue weighted by Crippen LogP contribution is 2.23. The molecule has 7 heteroatoms. The van der Waals surface area contributed by atoms with Gasteiger partial charge in [-0.15, -0.1) is 0 Å². The minimum Gasteiger partial charge on any atom is -0.356 e. The number of aromatic nitrogens is 1. The highest BCUT2D eigenvalue weighted by atomic mass is 32.1. The predicted molar refractivity (Wildman–Crippen MR) is 109 cm³/mol. The van der Waals surface area contributed by atoms with Crippen LogP contribution in [0.2, 0.25) is 0 Å². The van der Waals surface area contributed by atoms with Crippen LogP contribution < -0.4 is 15.5 Å². The van der Waals surface area contributed by atoms with Crippen LogP contribution in [0.25, 0.3) is 0 Å². The van der Waals surface area contributed by atoms with E-state index in [9.17, 15) is 9.59 Å². The minimum atomic E-state index is -0.134. The summed E-state index contributed by atoms with van der Waals surface area (Å²) >= 11 is 1.49. The van der Waals surface area contributed by atoms with Gasteiger partial charge in [-0.2, -0.15) is 11.3 Å². The first-order valence-corrected chi connectivity index (χ1v) is 10.4. The Morgan fingerprint density at radius 1 is 1.37 bits per heavy atom. The van der Waals surface area contributed by atoms with E-state index < -0.39 is 0 Å². The van der Waals surface area contributed by atoms with Gasteiger partial charge in [0.25, 0.3) is 5.91 Å². The van der Waals surface area contributed by atoms with Gasteiger partial charge in [-0.3, -0.25) is 9.59 Å². The van der Waals surface area contributed by atoms with E-state index in [1.807, 2.05) is 29.8 Å². The van der Waals surface area contributed by atoms with Crippen molar-refractivity contribution in [3.05, 3.63) is 40.7 Å².